The van der Waals surface area contributed by atoms with E-state index in [-0.39, 0.29) is 5.17 Å². The van der Waals surface area contributed by atoms with Gasteiger partial charge in [0.25, 0.3) is 0 Å². The fraction of sp³-hybridized carbons (Fsp3) is 0.500. The third-order valence-corrected chi connectivity index (χ3v) is 3.47. The summed E-state index contributed by atoms with van der Waals surface area (Å²) in [6.07, 6.45) is 5.46. The van der Waals surface area contributed by atoms with Crippen LogP contribution in [0.4, 0.5) is 0 Å². The predicted molar refractivity (Wildman–Crippen MR) is 72.5 cm³/mol. The van der Waals surface area contributed by atoms with Crippen molar-refractivity contribution in [3.63, 3.8) is 0 Å². The van der Waals surface area contributed by atoms with E-state index in [1.165, 1.54) is 18.4 Å². The van der Waals surface area contributed by atoms with Gasteiger partial charge < -0.3 is 9.94 Å². The van der Waals surface area contributed by atoms with Gasteiger partial charge in [0.05, 0.1) is 6.10 Å². The highest BCUT2D eigenvalue weighted by Gasteiger charge is 2.14. The van der Waals surface area contributed by atoms with E-state index >= 15 is 0 Å². The molecule has 1 aliphatic rings. The number of hydrogen-bond acceptors (Lipinski definition) is 3. The molecule has 0 radical (unpaired) electrons. The Balaban J connectivity index is 1.83. The molecule has 0 aliphatic carbocycles. The minimum Gasteiger partial charge on any atom is -0.410 e. The third kappa shape index (κ3) is 4.00. The molecule has 4 heteroatoms. The Kier molecular flexibility index (Phi) is 5.02. The molecule has 0 amide bonds. The smallest absolute Gasteiger partial charge is 0.149 e. The van der Waals surface area contributed by atoms with Crippen molar-refractivity contribution in [3.8, 4) is 0 Å². The van der Waals surface area contributed by atoms with Crippen LogP contribution in [0.5, 0.6) is 0 Å². The lowest BCUT2D eigenvalue weighted by Crippen LogP contribution is -2.06. The second kappa shape index (κ2) is 6.76. The molecular formula is C14H18ClNO2. The summed E-state index contributed by atoms with van der Waals surface area (Å²) in [6.45, 7) is 0.919. The second-order valence-corrected chi connectivity index (χ2v) is 5.08. The molecule has 1 aromatic rings. The first-order valence-corrected chi connectivity index (χ1v) is 6.71. The van der Waals surface area contributed by atoms with Gasteiger partial charge in [-0.15, -0.1) is 0 Å². The van der Waals surface area contributed by atoms with Crippen LogP contribution in [-0.2, 0) is 17.6 Å². The van der Waals surface area contributed by atoms with Crippen LogP contribution in [0.2, 0.25) is 0 Å². The molecule has 1 aliphatic heterocycles. The van der Waals surface area contributed by atoms with Crippen molar-refractivity contribution >= 4 is 16.8 Å². The van der Waals surface area contributed by atoms with Crippen LogP contribution in [0.1, 0.15) is 30.4 Å². The lowest BCUT2D eigenvalue weighted by atomic mass is 10.0. The highest BCUT2D eigenvalue weighted by atomic mass is 35.5. The van der Waals surface area contributed by atoms with E-state index in [0.717, 1.165) is 25.0 Å². The van der Waals surface area contributed by atoms with Crippen molar-refractivity contribution in [2.24, 2.45) is 5.16 Å². The van der Waals surface area contributed by atoms with Crippen molar-refractivity contribution < 1.29 is 9.94 Å². The molecule has 1 N–H and O–H groups in total. The molecule has 1 heterocycles. The Labute approximate surface area is 112 Å². The summed E-state index contributed by atoms with van der Waals surface area (Å²) in [5.41, 5.74) is 2.37. The van der Waals surface area contributed by atoms with Gasteiger partial charge in [0.15, 0.2) is 0 Å². The van der Waals surface area contributed by atoms with Crippen LogP contribution in [0.15, 0.2) is 29.4 Å². The van der Waals surface area contributed by atoms with E-state index in [1.807, 2.05) is 12.1 Å². The highest BCUT2D eigenvalue weighted by molar-refractivity contribution is 6.65. The number of oxime groups is 1. The van der Waals surface area contributed by atoms with Gasteiger partial charge in [-0.3, -0.25) is 0 Å². The Morgan fingerprint density at radius 1 is 1.33 bits per heavy atom. The zero-order valence-corrected chi connectivity index (χ0v) is 11.1. The summed E-state index contributed by atoms with van der Waals surface area (Å²) < 4.78 is 5.60. The Bertz CT molecular complexity index is 397. The molecule has 0 bridgehead atoms. The highest BCUT2D eigenvalue weighted by Crippen LogP contribution is 2.18. The van der Waals surface area contributed by atoms with Gasteiger partial charge in [-0.05, 0) is 36.8 Å². The van der Waals surface area contributed by atoms with Gasteiger partial charge >= 0.3 is 0 Å². The van der Waals surface area contributed by atoms with E-state index in [4.69, 9.17) is 21.5 Å². The molecule has 18 heavy (non-hydrogen) atoms. The van der Waals surface area contributed by atoms with Crippen LogP contribution in [-0.4, -0.2) is 23.1 Å². The molecule has 1 saturated heterocycles. The molecule has 98 valence electrons. The summed E-state index contributed by atoms with van der Waals surface area (Å²) in [7, 11) is 0. The van der Waals surface area contributed by atoms with Crippen LogP contribution >= 0.6 is 11.6 Å². The standard InChI is InChI=1S/C14H18ClNO2/c15-14(16-17)10-12-5-3-11(4-6-12)7-8-13-2-1-9-18-13/h3-6,13,17H,1-2,7-10H2/b16-14-. The Hall–Kier alpha value is -1.06. The number of aryl methyl sites for hydroxylation is 1. The minimum atomic E-state index is 0.210. The summed E-state index contributed by atoms with van der Waals surface area (Å²) >= 11 is 5.67. The lowest BCUT2D eigenvalue weighted by Gasteiger charge is -2.09. The summed E-state index contributed by atoms with van der Waals surface area (Å²) in [4.78, 5) is 0. The predicted octanol–water partition coefficient (Wildman–Crippen LogP) is 3.37. The molecule has 1 atom stereocenters. The van der Waals surface area contributed by atoms with E-state index in [9.17, 15) is 0 Å². The van der Waals surface area contributed by atoms with Gasteiger partial charge in [0.2, 0.25) is 0 Å². The molecule has 2 rings (SSSR count). The van der Waals surface area contributed by atoms with Crippen LogP contribution in [0.3, 0.4) is 0 Å². The van der Waals surface area contributed by atoms with Gasteiger partial charge in [0.1, 0.15) is 5.17 Å². The number of nitrogens with zero attached hydrogens (tertiary/aromatic N) is 1. The maximum absolute atomic E-state index is 8.50. The Morgan fingerprint density at radius 3 is 2.67 bits per heavy atom. The maximum Gasteiger partial charge on any atom is 0.149 e. The van der Waals surface area contributed by atoms with Crippen LogP contribution in [0, 0.1) is 0 Å². The molecule has 0 spiro atoms. The number of hydrogen-bond donors (Lipinski definition) is 1. The summed E-state index contributed by atoms with van der Waals surface area (Å²) in [5.74, 6) is 0. The minimum absolute atomic E-state index is 0.210. The largest absolute Gasteiger partial charge is 0.410 e. The molecule has 1 unspecified atom stereocenters. The van der Waals surface area contributed by atoms with Gasteiger partial charge in [0, 0.05) is 13.0 Å². The third-order valence-electron chi connectivity index (χ3n) is 3.26. The molecule has 0 aromatic heterocycles. The number of benzene rings is 1. The van der Waals surface area contributed by atoms with E-state index < -0.39 is 0 Å². The second-order valence-electron chi connectivity index (χ2n) is 4.64. The average molecular weight is 268 g/mol. The number of halogens is 1. The lowest BCUT2D eigenvalue weighted by molar-refractivity contribution is 0.104. The fourth-order valence-electron chi connectivity index (χ4n) is 2.23. The van der Waals surface area contributed by atoms with E-state index in [2.05, 4.69) is 17.3 Å². The van der Waals surface area contributed by atoms with Crippen molar-refractivity contribution in [2.75, 3.05) is 6.61 Å². The Morgan fingerprint density at radius 2 is 2.06 bits per heavy atom. The first kappa shape index (κ1) is 13.4. The van der Waals surface area contributed by atoms with Crippen LogP contribution in [0.25, 0.3) is 0 Å². The van der Waals surface area contributed by atoms with E-state index in [0.29, 0.717) is 12.5 Å². The molecular weight excluding hydrogens is 250 g/mol. The van der Waals surface area contributed by atoms with Crippen molar-refractivity contribution in [3.05, 3.63) is 35.4 Å². The van der Waals surface area contributed by atoms with Crippen molar-refractivity contribution in [1.82, 2.24) is 0 Å². The topological polar surface area (TPSA) is 41.8 Å². The number of ether oxygens (including phenoxy) is 1. The average Bonchev–Trinajstić information content (AvgIpc) is 2.91. The molecule has 1 aromatic carbocycles. The normalized spacial score (nSPS) is 20.3. The van der Waals surface area contributed by atoms with Crippen molar-refractivity contribution in [1.29, 1.82) is 0 Å². The summed E-state index contributed by atoms with van der Waals surface area (Å²) in [6, 6.07) is 8.26. The van der Waals surface area contributed by atoms with Crippen molar-refractivity contribution in [2.45, 2.75) is 38.2 Å². The molecule has 0 saturated carbocycles. The van der Waals surface area contributed by atoms with Crippen LogP contribution < -0.4 is 0 Å². The maximum atomic E-state index is 8.50. The zero-order chi connectivity index (χ0) is 12.8. The monoisotopic (exact) mass is 267 g/mol. The SMILES string of the molecule is O/N=C(\Cl)Cc1ccc(CCC2CCCO2)cc1. The van der Waals surface area contributed by atoms with Gasteiger partial charge in [-0.1, -0.05) is 41.0 Å². The number of rotatable bonds is 5. The molecule has 3 nitrogen and oxygen atoms in total. The van der Waals surface area contributed by atoms with Gasteiger partial charge in [-0.2, -0.15) is 0 Å². The fourth-order valence-corrected chi connectivity index (χ4v) is 2.38. The van der Waals surface area contributed by atoms with Gasteiger partial charge in [-0.25, -0.2) is 0 Å². The molecule has 1 fully saturated rings. The summed E-state index contributed by atoms with van der Waals surface area (Å²) in [5, 5.41) is 11.7. The first-order valence-electron chi connectivity index (χ1n) is 6.34. The van der Waals surface area contributed by atoms with E-state index in [1.54, 1.807) is 0 Å². The quantitative estimate of drug-likeness (QED) is 0.505. The zero-order valence-electron chi connectivity index (χ0n) is 10.3. The first-order chi connectivity index (χ1) is 8.78.